The first-order chi connectivity index (χ1) is 12.9. The van der Waals surface area contributed by atoms with E-state index < -0.39 is 17.9 Å². The molecule has 8 heteroatoms. The van der Waals surface area contributed by atoms with Crippen molar-refractivity contribution in [3.05, 3.63) is 58.5 Å². The minimum atomic E-state index is -0.800. The summed E-state index contributed by atoms with van der Waals surface area (Å²) in [7, 11) is 1.26. The van der Waals surface area contributed by atoms with Crippen molar-refractivity contribution >= 4 is 11.9 Å². The molecule has 8 nitrogen and oxygen atoms in total. The van der Waals surface area contributed by atoms with Crippen molar-refractivity contribution in [2.24, 2.45) is 5.92 Å². The smallest absolute Gasteiger partial charge is 0.328 e. The number of esters is 1. The zero-order chi connectivity index (χ0) is 19.8. The maximum atomic E-state index is 12.4. The van der Waals surface area contributed by atoms with Gasteiger partial charge in [0.1, 0.15) is 24.1 Å². The van der Waals surface area contributed by atoms with Crippen LogP contribution in [0.1, 0.15) is 24.3 Å². The monoisotopic (exact) mass is 373 g/mol. The Balaban J connectivity index is 2.05. The van der Waals surface area contributed by atoms with Crippen molar-refractivity contribution in [1.29, 1.82) is 0 Å². The summed E-state index contributed by atoms with van der Waals surface area (Å²) in [4.78, 5) is 36.2. The number of hydrogen-bond acceptors (Lipinski definition) is 6. The van der Waals surface area contributed by atoms with Gasteiger partial charge in [-0.15, -0.1) is 0 Å². The van der Waals surface area contributed by atoms with Crippen LogP contribution in [-0.4, -0.2) is 41.4 Å². The van der Waals surface area contributed by atoms with Gasteiger partial charge < -0.3 is 14.8 Å². The quantitative estimate of drug-likeness (QED) is 0.699. The topological polar surface area (TPSA) is 99.5 Å². The summed E-state index contributed by atoms with van der Waals surface area (Å²) in [5.74, 6) is -0.580. The summed E-state index contributed by atoms with van der Waals surface area (Å²) >= 11 is 0. The van der Waals surface area contributed by atoms with Crippen molar-refractivity contribution in [2.75, 3.05) is 13.7 Å². The lowest BCUT2D eigenvalue weighted by molar-refractivity contribution is -0.144. The molecule has 0 aliphatic rings. The number of para-hydroxylation sites is 1. The molecule has 0 aliphatic carbocycles. The summed E-state index contributed by atoms with van der Waals surface area (Å²) in [5.41, 5.74) is -0.319. The predicted octanol–water partition coefficient (Wildman–Crippen LogP) is 1.25. The van der Waals surface area contributed by atoms with Crippen LogP contribution in [0.2, 0.25) is 0 Å². The lowest BCUT2D eigenvalue weighted by Crippen LogP contribution is -2.45. The lowest BCUT2D eigenvalue weighted by atomic mass is 10.0. The number of benzene rings is 1. The summed E-state index contributed by atoms with van der Waals surface area (Å²) in [6.07, 6.45) is 0. The highest BCUT2D eigenvalue weighted by Gasteiger charge is 2.26. The van der Waals surface area contributed by atoms with Crippen LogP contribution in [0.3, 0.4) is 0 Å². The number of nitrogens with zero attached hydrogens (tertiary/aromatic N) is 2. The van der Waals surface area contributed by atoms with Crippen molar-refractivity contribution in [3.8, 4) is 5.75 Å². The summed E-state index contributed by atoms with van der Waals surface area (Å²) in [6, 6.07) is 10.9. The molecule has 0 fully saturated rings. The Kier molecular flexibility index (Phi) is 7.10. The average Bonchev–Trinajstić information content (AvgIpc) is 2.67. The molecule has 144 valence electrons. The Morgan fingerprint density at radius 3 is 2.48 bits per heavy atom. The molecule has 1 amide bonds. The fourth-order valence-electron chi connectivity index (χ4n) is 2.34. The molecule has 1 N–H and O–H groups in total. The molecule has 0 bridgehead atoms. The highest BCUT2D eigenvalue weighted by atomic mass is 16.5. The molecular weight excluding hydrogens is 350 g/mol. The van der Waals surface area contributed by atoms with Gasteiger partial charge in [-0.2, -0.15) is 5.10 Å². The molecule has 27 heavy (non-hydrogen) atoms. The molecule has 1 aromatic heterocycles. The van der Waals surface area contributed by atoms with Crippen LogP contribution in [0.5, 0.6) is 5.75 Å². The second-order valence-corrected chi connectivity index (χ2v) is 6.16. The Morgan fingerprint density at radius 1 is 1.15 bits per heavy atom. The fraction of sp³-hybridized carbons (Fsp3) is 0.368. The molecular formula is C19H23N3O5. The Hall–Kier alpha value is -3.16. The summed E-state index contributed by atoms with van der Waals surface area (Å²) in [6.45, 7) is 3.98. The molecule has 0 aliphatic heterocycles. The molecule has 1 heterocycles. The van der Waals surface area contributed by atoms with Crippen LogP contribution in [0.25, 0.3) is 0 Å². The van der Waals surface area contributed by atoms with E-state index in [4.69, 9.17) is 9.47 Å². The number of nitrogens with one attached hydrogen (secondary N) is 1. The largest absolute Gasteiger partial charge is 0.492 e. The number of ether oxygens (including phenoxy) is 2. The molecule has 0 unspecified atom stereocenters. The summed E-state index contributed by atoms with van der Waals surface area (Å²) in [5, 5.41) is 6.65. The van der Waals surface area contributed by atoms with E-state index in [1.165, 1.54) is 19.2 Å². The molecule has 1 aromatic carbocycles. The molecule has 0 radical (unpaired) electrons. The van der Waals surface area contributed by atoms with Gasteiger partial charge in [0, 0.05) is 6.07 Å². The van der Waals surface area contributed by atoms with Crippen molar-refractivity contribution < 1.29 is 19.1 Å². The average molecular weight is 373 g/mol. The van der Waals surface area contributed by atoms with Crippen LogP contribution in [-0.2, 0) is 16.1 Å². The van der Waals surface area contributed by atoms with E-state index in [0.717, 1.165) is 4.68 Å². The summed E-state index contributed by atoms with van der Waals surface area (Å²) < 4.78 is 11.4. The third-order valence-electron chi connectivity index (χ3n) is 3.82. The van der Waals surface area contributed by atoms with Crippen molar-refractivity contribution in [3.63, 3.8) is 0 Å². The van der Waals surface area contributed by atoms with Gasteiger partial charge in [0.2, 0.25) is 0 Å². The number of amides is 1. The van der Waals surface area contributed by atoms with Crippen molar-refractivity contribution in [1.82, 2.24) is 15.1 Å². The maximum Gasteiger partial charge on any atom is 0.328 e. The van der Waals surface area contributed by atoms with Crippen molar-refractivity contribution in [2.45, 2.75) is 26.4 Å². The van der Waals surface area contributed by atoms with Gasteiger partial charge in [0.05, 0.1) is 13.7 Å². The standard InChI is InChI=1S/C19H23N3O5/c1-13(2)17(19(25)26-3)20-18(24)15-9-10-16(23)22(21-15)11-12-27-14-7-5-4-6-8-14/h4-10,13,17H,11-12H2,1-3H3,(H,20,24)/t17-/m0/s1. The second-order valence-electron chi connectivity index (χ2n) is 6.16. The minimum absolute atomic E-state index is 0.0314. The Bertz CT molecular complexity index is 833. The highest BCUT2D eigenvalue weighted by Crippen LogP contribution is 2.08. The van der Waals surface area contributed by atoms with E-state index in [2.05, 4.69) is 10.4 Å². The normalized spacial score (nSPS) is 11.7. The van der Waals surface area contributed by atoms with E-state index in [0.29, 0.717) is 5.75 Å². The van der Waals surface area contributed by atoms with Gasteiger partial charge in [-0.05, 0) is 24.1 Å². The number of carbonyl (C=O) groups excluding carboxylic acids is 2. The van der Waals surface area contributed by atoms with Gasteiger partial charge in [-0.1, -0.05) is 32.0 Å². The first-order valence-corrected chi connectivity index (χ1v) is 8.57. The zero-order valence-corrected chi connectivity index (χ0v) is 15.5. The third-order valence-corrected chi connectivity index (χ3v) is 3.82. The van der Waals surface area contributed by atoms with Gasteiger partial charge in [0.25, 0.3) is 11.5 Å². The molecule has 1 atom stereocenters. The first-order valence-electron chi connectivity index (χ1n) is 8.57. The van der Waals surface area contributed by atoms with Gasteiger partial charge in [-0.3, -0.25) is 9.59 Å². The van der Waals surface area contributed by atoms with E-state index in [1.54, 1.807) is 26.0 Å². The SMILES string of the molecule is COC(=O)[C@@H](NC(=O)c1ccc(=O)n(CCOc2ccccc2)n1)C(C)C. The molecule has 0 saturated heterocycles. The Labute approximate surface area is 157 Å². The zero-order valence-electron chi connectivity index (χ0n) is 15.5. The number of hydrogen-bond donors (Lipinski definition) is 1. The first kappa shape index (κ1) is 20.2. The fourth-order valence-corrected chi connectivity index (χ4v) is 2.34. The van der Waals surface area contributed by atoms with Crippen LogP contribution in [0.4, 0.5) is 0 Å². The van der Waals surface area contributed by atoms with Crippen LogP contribution >= 0.6 is 0 Å². The molecule has 0 spiro atoms. The lowest BCUT2D eigenvalue weighted by Gasteiger charge is -2.19. The predicted molar refractivity (Wildman–Crippen MR) is 98.5 cm³/mol. The van der Waals surface area contributed by atoms with Gasteiger partial charge >= 0.3 is 5.97 Å². The van der Waals surface area contributed by atoms with E-state index in [-0.39, 0.29) is 30.3 Å². The Morgan fingerprint density at radius 2 is 1.85 bits per heavy atom. The third kappa shape index (κ3) is 5.67. The van der Waals surface area contributed by atoms with Gasteiger partial charge in [-0.25, -0.2) is 9.48 Å². The molecule has 0 saturated carbocycles. The highest BCUT2D eigenvalue weighted by molar-refractivity contribution is 5.95. The van der Waals surface area contributed by atoms with Crippen LogP contribution in [0.15, 0.2) is 47.3 Å². The van der Waals surface area contributed by atoms with Crippen LogP contribution in [0, 0.1) is 5.92 Å². The van der Waals surface area contributed by atoms with E-state index in [9.17, 15) is 14.4 Å². The minimum Gasteiger partial charge on any atom is -0.492 e. The van der Waals surface area contributed by atoms with E-state index in [1.807, 2.05) is 18.2 Å². The maximum absolute atomic E-state index is 12.4. The number of aromatic nitrogens is 2. The number of methoxy groups -OCH3 is 1. The number of carbonyl (C=O) groups is 2. The van der Waals surface area contributed by atoms with Gasteiger partial charge in [0.15, 0.2) is 0 Å². The van der Waals surface area contributed by atoms with E-state index >= 15 is 0 Å². The second kappa shape index (κ2) is 9.51. The number of rotatable bonds is 8. The molecule has 2 aromatic rings. The molecule has 2 rings (SSSR count). The van der Waals surface area contributed by atoms with Crippen LogP contribution < -0.4 is 15.6 Å².